The summed E-state index contributed by atoms with van der Waals surface area (Å²) >= 11 is 1.75. The number of fused-ring (bicyclic) bond motifs is 2. The summed E-state index contributed by atoms with van der Waals surface area (Å²) in [7, 11) is 1.93. The standard InChI is InChI=1S/C19H20N4OS/c1-21-8-2-4-14(21)17(24)22-9-6-19(13-22)7-10-23-15(12-20-18(19)23)16-5-3-11-25-16/h2-5,8,11-12H,6-7,9-10,13H2,1H3/t19-/m1/s1. The second-order valence-electron chi connectivity index (χ2n) is 7.11. The van der Waals surface area contributed by atoms with Gasteiger partial charge >= 0.3 is 0 Å². The van der Waals surface area contributed by atoms with Crippen LogP contribution in [0.25, 0.3) is 10.6 Å². The van der Waals surface area contributed by atoms with E-state index in [1.54, 1.807) is 11.3 Å². The molecule has 1 atom stereocenters. The molecule has 0 N–H and O–H groups in total. The van der Waals surface area contributed by atoms with Gasteiger partial charge in [-0.15, -0.1) is 11.3 Å². The van der Waals surface area contributed by atoms with Gasteiger partial charge in [0, 0.05) is 38.3 Å². The number of thiophene rings is 1. The van der Waals surface area contributed by atoms with Crippen LogP contribution < -0.4 is 0 Å². The summed E-state index contributed by atoms with van der Waals surface area (Å²) in [5, 5.41) is 2.11. The van der Waals surface area contributed by atoms with Gasteiger partial charge in [-0.3, -0.25) is 4.79 Å². The minimum absolute atomic E-state index is 0.0241. The number of carbonyl (C=O) groups is 1. The van der Waals surface area contributed by atoms with Gasteiger partial charge in [0.2, 0.25) is 0 Å². The van der Waals surface area contributed by atoms with Crippen molar-refractivity contribution in [3.8, 4) is 10.6 Å². The van der Waals surface area contributed by atoms with Crippen LogP contribution in [0.2, 0.25) is 0 Å². The second kappa shape index (κ2) is 5.33. The molecule has 1 saturated heterocycles. The molecule has 5 nitrogen and oxygen atoms in total. The summed E-state index contributed by atoms with van der Waals surface area (Å²) < 4.78 is 4.26. The van der Waals surface area contributed by atoms with Gasteiger partial charge in [0.15, 0.2) is 0 Å². The van der Waals surface area contributed by atoms with E-state index in [9.17, 15) is 4.79 Å². The largest absolute Gasteiger partial charge is 0.347 e. The van der Waals surface area contributed by atoms with Crippen LogP contribution in [-0.4, -0.2) is 38.0 Å². The molecule has 5 heterocycles. The first kappa shape index (κ1) is 15.0. The highest BCUT2D eigenvalue weighted by Gasteiger charge is 2.48. The molecule has 1 spiro atoms. The average Bonchev–Trinajstić information content (AvgIpc) is 3.38. The number of nitrogens with zero attached hydrogens (tertiary/aromatic N) is 4. The maximum absolute atomic E-state index is 12.9. The molecule has 2 aliphatic rings. The molecule has 25 heavy (non-hydrogen) atoms. The summed E-state index contributed by atoms with van der Waals surface area (Å²) in [6.45, 7) is 2.58. The van der Waals surface area contributed by atoms with Gasteiger partial charge in [-0.1, -0.05) is 6.07 Å². The number of aromatic nitrogens is 3. The molecule has 128 valence electrons. The third kappa shape index (κ3) is 2.13. The lowest BCUT2D eigenvalue weighted by atomic mass is 9.85. The lowest BCUT2D eigenvalue weighted by Gasteiger charge is -2.22. The van der Waals surface area contributed by atoms with E-state index in [-0.39, 0.29) is 11.3 Å². The van der Waals surface area contributed by atoms with Crippen molar-refractivity contribution in [2.45, 2.75) is 24.8 Å². The fraction of sp³-hybridized carbons (Fsp3) is 0.368. The van der Waals surface area contributed by atoms with Crippen molar-refractivity contribution < 1.29 is 4.79 Å². The SMILES string of the molecule is Cn1cccc1C(=O)N1CC[C@@]2(CCn3c(-c4cccs4)cnc32)C1. The first-order valence-corrected chi connectivity index (χ1v) is 9.56. The molecule has 0 radical (unpaired) electrons. The quantitative estimate of drug-likeness (QED) is 0.711. The summed E-state index contributed by atoms with van der Waals surface area (Å²) in [6.07, 6.45) is 6.01. The zero-order chi connectivity index (χ0) is 17.0. The summed E-state index contributed by atoms with van der Waals surface area (Å²) in [5.41, 5.74) is 2.00. The Morgan fingerprint density at radius 2 is 2.12 bits per heavy atom. The third-order valence-electron chi connectivity index (χ3n) is 5.72. The van der Waals surface area contributed by atoms with E-state index in [4.69, 9.17) is 4.98 Å². The molecule has 6 heteroatoms. The molecule has 0 bridgehead atoms. The lowest BCUT2D eigenvalue weighted by molar-refractivity contribution is 0.0773. The van der Waals surface area contributed by atoms with Crippen LogP contribution in [0.1, 0.15) is 29.2 Å². The molecule has 0 unspecified atom stereocenters. The van der Waals surface area contributed by atoms with Crippen molar-refractivity contribution in [1.29, 1.82) is 0 Å². The molecule has 3 aromatic heterocycles. The number of amides is 1. The average molecular weight is 352 g/mol. The molecular formula is C19H20N4OS. The van der Waals surface area contributed by atoms with Crippen LogP contribution in [-0.2, 0) is 19.0 Å². The van der Waals surface area contributed by atoms with Crippen molar-refractivity contribution in [2.75, 3.05) is 13.1 Å². The highest BCUT2D eigenvalue weighted by atomic mass is 32.1. The zero-order valence-electron chi connectivity index (χ0n) is 14.2. The maximum atomic E-state index is 12.9. The van der Waals surface area contributed by atoms with Gasteiger partial charge in [-0.25, -0.2) is 4.98 Å². The monoisotopic (exact) mass is 352 g/mol. The number of imidazole rings is 1. The fourth-order valence-corrected chi connectivity index (χ4v) is 5.11. The van der Waals surface area contributed by atoms with Crippen LogP contribution in [0.3, 0.4) is 0 Å². The Hall–Kier alpha value is -2.34. The molecule has 1 fully saturated rings. The van der Waals surface area contributed by atoms with E-state index in [0.29, 0.717) is 0 Å². The minimum atomic E-state index is 0.0241. The number of aryl methyl sites for hydroxylation is 1. The Kier molecular flexibility index (Phi) is 3.19. The van der Waals surface area contributed by atoms with Crippen LogP contribution in [0.15, 0.2) is 42.0 Å². The van der Waals surface area contributed by atoms with E-state index < -0.39 is 0 Å². The van der Waals surface area contributed by atoms with Gasteiger partial charge in [0.25, 0.3) is 5.91 Å². The molecule has 3 aromatic rings. The zero-order valence-corrected chi connectivity index (χ0v) is 15.0. The van der Waals surface area contributed by atoms with E-state index in [1.807, 2.05) is 41.0 Å². The van der Waals surface area contributed by atoms with E-state index in [1.165, 1.54) is 10.6 Å². The van der Waals surface area contributed by atoms with E-state index in [2.05, 4.69) is 22.1 Å². The first-order chi connectivity index (χ1) is 12.2. The first-order valence-electron chi connectivity index (χ1n) is 8.68. The van der Waals surface area contributed by atoms with Gasteiger partial charge in [-0.05, 0) is 36.4 Å². The van der Waals surface area contributed by atoms with Crippen molar-refractivity contribution >= 4 is 17.2 Å². The molecule has 5 rings (SSSR count). The van der Waals surface area contributed by atoms with Crippen molar-refractivity contribution in [1.82, 2.24) is 19.0 Å². The van der Waals surface area contributed by atoms with Crippen LogP contribution >= 0.6 is 11.3 Å². The van der Waals surface area contributed by atoms with Crippen molar-refractivity contribution in [3.63, 3.8) is 0 Å². The summed E-state index contributed by atoms with van der Waals surface area (Å²) in [6, 6.07) is 8.06. The Balaban J connectivity index is 1.44. The second-order valence-corrected chi connectivity index (χ2v) is 8.06. The minimum Gasteiger partial charge on any atom is -0.347 e. The number of likely N-dealkylation sites (tertiary alicyclic amines) is 1. The smallest absolute Gasteiger partial charge is 0.270 e. The van der Waals surface area contributed by atoms with Gasteiger partial charge in [0.05, 0.1) is 16.8 Å². The van der Waals surface area contributed by atoms with Crippen molar-refractivity contribution in [3.05, 3.63) is 53.6 Å². The third-order valence-corrected chi connectivity index (χ3v) is 6.61. The Morgan fingerprint density at radius 3 is 2.88 bits per heavy atom. The Labute approximate surface area is 150 Å². The number of rotatable bonds is 2. The molecule has 0 aromatic carbocycles. The molecule has 0 aliphatic carbocycles. The predicted octanol–water partition coefficient (Wildman–Crippen LogP) is 3.14. The van der Waals surface area contributed by atoms with E-state index >= 15 is 0 Å². The number of carbonyl (C=O) groups excluding carboxylic acids is 1. The lowest BCUT2D eigenvalue weighted by Crippen LogP contribution is -2.34. The highest BCUT2D eigenvalue weighted by Crippen LogP contribution is 2.44. The number of hydrogen-bond acceptors (Lipinski definition) is 3. The highest BCUT2D eigenvalue weighted by molar-refractivity contribution is 7.13. The molecular weight excluding hydrogens is 332 g/mol. The summed E-state index contributed by atoms with van der Waals surface area (Å²) in [4.78, 5) is 20.9. The molecule has 1 amide bonds. The van der Waals surface area contributed by atoms with Crippen LogP contribution in [0.4, 0.5) is 0 Å². The van der Waals surface area contributed by atoms with Gasteiger partial charge < -0.3 is 14.0 Å². The topological polar surface area (TPSA) is 43.1 Å². The maximum Gasteiger partial charge on any atom is 0.270 e. The number of hydrogen-bond donors (Lipinski definition) is 0. The Bertz CT molecular complexity index is 939. The molecule has 0 saturated carbocycles. The Morgan fingerprint density at radius 1 is 1.24 bits per heavy atom. The predicted molar refractivity (Wildman–Crippen MR) is 97.8 cm³/mol. The van der Waals surface area contributed by atoms with Crippen LogP contribution in [0, 0.1) is 0 Å². The fourth-order valence-electron chi connectivity index (χ4n) is 4.36. The van der Waals surface area contributed by atoms with Crippen molar-refractivity contribution in [2.24, 2.45) is 7.05 Å². The normalized spacial score (nSPS) is 22.0. The van der Waals surface area contributed by atoms with Gasteiger partial charge in [-0.2, -0.15) is 0 Å². The molecule has 2 aliphatic heterocycles. The summed E-state index contributed by atoms with van der Waals surface area (Å²) in [5.74, 6) is 1.30. The van der Waals surface area contributed by atoms with Gasteiger partial charge in [0.1, 0.15) is 11.5 Å². The van der Waals surface area contributed by atoms with E-state index in [0.717, 1.165) is 44.0 Å². The van der Waals surface area contributed by atoms with Crippen LogP contribution in [0.5, 0.6) is 0 Å².